The summed E-state index contributed by atoms with van der Waals surface area (Å²) in [6, 6.07) is 0. The molecule has 4 rings (SSSR count). The number of nitrogens with zero attached hydrogens (tertiary/aromatic N) is 5. The zero-order chi connectivity index (χ0) is 17.4. The van der Waals surface area contributed by atoms with Crippen LogP contribution in [0.4, 0.5) is 0 Å². The van der Waals surface area contributed by atoms with Crippen LogP contribution in [0.5, 0.6) is 0 Å². The van der Waals surface area contributed by atoms with E-state index in [-0.39, 0.29) is 5.41 Å². The molecule has 2 aliphatic rings. The first-order valence-electron chi connectivity index (χ1n) is 9.69. The highest BCUT2D eigenvalue weighted by atomic mass is 15.3. The van der Waals surface area contributed by atoms with Gasteiger partial charge in [0.05, 0.1) is 6.54 Å². The molecule has 6 heteroatoms. The third-order valence-electron chi connectivity index (χ3n) is 5.48. The second kappa shape index (κ2) is 6.56. The van der Waals surface area contributed by atoms with Gasteiger partial charge in [0.2, 0.25) is 0 Å². The van der Waals surface area contributed by atoms with Crippen LogP contribution in [0.1, 0.15) is 75.5 Å². The molecule has 0 saturated carbocycles. The van der Waals surface area contributed by atoms with Crippen LogP contribution in [0.2, 0.25) is 0 Å². The number of likely N-dealkylation sites (tertiary alicyclic amines) is 1. The van der Waals surface area contributed by atoms with Crippen LogP contribution in [0.25, 0.3) is 0 Å². The molecule has 6 nitrogen and oxygen atoms in total. The fourth-order valence-corrected chi connectivity index (χ4v) is 4.11. The number of hydrogen-bond acceptors (Lipinski definition) is 4. The Morgan fingerprint density at radius 3 is 2.88 bits per heavy atom. The summed E-state index contributed by atoms with van der Waals surface area (Å²) in [4.78, 5) is 12.0. The van der Waals surface area contributed by atoms with Crippen LogP contribution < -0.4 is 0 Å². The van der Waals surface area contributed by atoms with Gasteiger partial charge in [-0.25, -0.2) is 9.97 Å². The minimum atomic E-state index is -0.00586. The SMILES string of the molecule is CC(C)(C)c1n[nH]c(CN2CCC[C@@H](c3ncc4n3CCCC4)C2)n1. The lowest BCUT2D eigenvalue weighted by Gasteiger charge is -2.32. The van der Waals surface area contributed by atoms with Crippen molar-refractivity contribution in [2.45, 2.75) is 77.3 Å². The van der Waals surface area contributed by atoms with Crippen molar-refractivity contribution in [3.63, 3.8) is 0 Å². The Labute approximate surface area is 150 Å². The maximum atomic E-state index is 4.80. The van der Waals surface area contributed by atoms with Gasteiger partial charge < -0.3 is 4.57 Å². The molecule has 2 aromatic rings. The van der Waals surface area contributed by atoms with E-state index in [1.54, 1.807) is 0 Å². The molecule has 4 heterocycles. The first kappa shape index (κ1) is 16.8. The lowest BCUT2D eigenvalue weighted by Crippen LogP contribution is -2.35. The van der Waals surface area contributed by atoms with Gasteiger partial charge in [0.15, 0.2) is 5.82 Å². The van der Waals surface area contributed by atoms with Gasteiger partial charge in [-0.05, 0) is 38.6 Å². The number of aromatic amines is 1. The molecule has 0 aromatic carbocycles. The molecule has 2 aliphatic heterocycles. The summed E-state index contributed by atoms with van der Waals surface area (Å²) in [6.07, 6.45) is 8.38. The van der Waals surface area contributed by atoms with Crippen molar-refractivity contribution < 1.29 is 0 Å². The van der Waals surface area contributed by atoms with Crippen molar-refractivity contribution in [1.29, 1.82) is 0 Å². The van der Waals surface area contributed by atoms with E-state index < -0.39 is 0 Å². The highest BCUT2D eigenvalue weighted by molar-refractivity contribution is 5.13. The number of hydrogen-bond donors (Lipinski definition) is 1. The van der Waals surface area contributed by atoms with Gasteiger partial charge >= 0.3 is 0 Å². The summed E-state index contributed by atoms with van der Waals surface area (Å²) in [5.74, 6) is 3.74. The maximum Gasteiger partial charge on any atom is 0.156 e. The summed E-state index contributed by atoms with van der Waals surface area (Å²) in [5, 5.41) is 7.54. The second-order valence-corrected chi connectivity index (χ2v) is 8.65. The Balaban J connectivity index is 1.44. The quantitative estimate of drug-likeness (QED) is 0.931. The normalized spacial score (nSPS) is 22.1. The third kappa shape index (κ3) is 3.50. The zero-order valence-corrected chi connectivity index (χ0v) is 15.8. The molecule has 0 spiro atoms. The van der Waals surface area contributed by atoms with E-state index in [1.165, 1.54) is 43.6 Å². The van der Waals surface area contributed by atoms with Crippen molar-refractivity contribution in [3.8, 4) is 0 Å². The minimum absolute atomic E-state index is 0.00586. The third-order valence-corrected chi connectivity index (χ3v) is 5.48. The molecule has 0 radical (unpaired) electrons. The molecule has 2 aromatic heterocycles. The molecule has 1 N–H and O–H groups in total. The van der Waals surface area contributed by atoms with Gasteiger partial charge in [-0.2, -0.15) is 5.10 Å². The predicted octanol–water partition coefficient (Wildman–Crippen LogP) is 3.01. The van der Waals surface area contributed by atoms with Crippen LogP contribution in [0.15, 0.2) is 6.20 Å². The van der Waals surface area contributed by atoms with E-state index in [4.69, 9.17) is 9.97 Å². The largest absolute Gasteiger partial charge is 0.332 e. The minimum Gasteiger partial charge on any atom is -0.332 e. The molecule has 0 amide bonds. The monoisotopic (exact) mass is 342 g/mol. The number of aromatic nitrogens is 5. The van der Waals surface area contributed by atoms with E-state index in [0.717, 1.165) is 37.8 Å². The number of imidazole rings is 1. The Kier molecular flexibility index (Phi) is 4.40. The molecule has 1 saturated heterocycles. The molecule has 1 atom stereocenters. The summed E-state index contributed by atoms with van der Waals surface area (Å²) in [7, 11) is 0. The fraction of sp³-hybridized carbons (Fsp3) is 0.737. The van der Waals surface area contributed by atoms with E-state index in [1.807, 2.05) is 0 Å². The van der Waals surface area contributed by atoms with Crippen LogP contribution in [-0.2, 0) is 24.9 Å². The summed E-state index contributed by atoms with van der Waals surface area (Å²) < 4.78 is 2.49. The number of nitrogens with one attached hydrogen (secondary N) is 1. The Morgan fingerprint density at radius 2 is 2.08 bits per heavy atom. The number of H-pyrrole nitrogens is 1. The summed E-state index contributed by atoms with van der Waals surface area (Å²) in [6.45, 7) is 10.7. The first-order chi connectivity index (χ1) is 12.0. The highest BCUT2D eigenvalue weighted by Gasteiger charge is 2.27. The number of aryl methyl sites for hydroxylation is 1. The van der Waals surface area contributed by atoms with Crippen LogP contribution in [0.3, 0.4) is 0 Å². The summed E-state index contributed by atoms with van der Waals surface area (Å²) in [5.41, 5.74) is 1.43. The average Bonchev–Trinajstić information content (AvgIpc) is 3.21. The smallest absolute Gasteiger partial charge is 0.156 e. The Bertz CT molecular complexity index is 723. The van der Waals surface area contributed by atoms with Gasteiger partial charge in [0.25, 0.3) is 0 Å². The molecule has 25 heavy (non-hydrogen) atoms. The van der Waals surface area contributed by atoms with Crippen molar-refractivity contribution >= 4 is 0 Å². The van der Waals surface area contributed by atoms with E-state index in [2.05, 4.69) is 46.6 Å². The van der Waals surface area contributed by atoms with Crippen molar-refractivity contribution in [3.05, 3.63) is 29.4 Å². The number of fused-ring (bicyclic) bond motifs is 1. The molecule has 0 aliphatic carbocycles. The molecular weight excluding hydrogens is 312 g/mol. The van der Waals surface area contributed by atoms with Gasteiger partial charge in [-0.3, -0.25) is 10.00 Å². The first-order valence-corrected chi connectivity index (χ1v) is 9.69. The fourth-order valence-electron chi connectivity index (χ4n) is 4.11. The van der Waals surface area contributed by atoms with Gasteiger partial charge in [0.1, 0.15) is 11.6 Å². The lowest BCUT2D eigenvalue weighted by molar-refractivity contribution is 0.190. The van der Waals surface area contributed by atoms with Crippen molar-refractivity contribution in [1.82, 2.24) is 29.6 Å². The van der Waals surface area contributed by atoms with E-state index >= 15 is 0 Å². The zero-order valence-electron chi connectivity index (χ0n) is 15.8. The number of rotatable bonds is 3. The van der Waals surface area contributed by atoms with Crippen LogP contribution in [0, 0.1) is 0 Å². The van der Waals surface area contributed by atoms with Gasteiger partial charge in [-0.1, -0.05) is 20.8 Å². The second-order valence-electron chi connectivity index (χ2n) is 8.65. The van der Waals surface area contributed by atoms with Gasteiger partial charge in [0, 0.05) is 36.3 Å². The molecule has 0 bridgehead atoms. The number of piperidine rings is 1. The van der Waals surface area contributed by atoms with E-state index in [9.17, 15) is 0 Å². The topological polar surface area (TPSA) is 62.6 Å². The van der Waals surface area contributed by atoms with Crippen LogP contribution >= 0.6 is 0 Å². The molecule has 136 valence electrons. The molecule has 1 fully saturated rings. The standard InChI is InChI=1S/C19H30N6/c1-19(2,3)18-21-16(22-23-18)13-24-9-6-7-14(12-24)17-20-11-15-8-4-5-10-25(15)17/h11,14H,4-10,12-13H2,1-3H3,(H,21,22,23)/t14-/m1/s1. The predicted molar refractivity (Wildman–Crippen MR) is 97.5 cm³/mol. The average molecular weight is 342 g/mol. The molecule has 0 unspecified atom stereocenters. The Hall–Kier alpha value is -1.69. The summed E-state index contributed by atoms with van der Waals surface area (Å²) >= 11 is 0. The van der Waals surface area contributed by atoms with Crippen molar-refractivity contribution in [2.24, 2.45) is 0 Å². The maximum absolute atomic E-state index is 4.80. The van der Waals surface area contributed by atoms with Gasteiger partial charge in [-0.15, -0.1) is 0 Å². The highest BCUT2D eigenvalue weighted by Crippen LogP contribution is 2.29. The Morgan fingerprint density at radius 1 is 1.20 bits per heavy atom. The lowest BCUT2D eigenvalue weighted by atomic mass is 9.96. The van der Waals surface area contributed by atoms with Crippen LogP contribution in [-0.4, -0.2) is 42.7 Å². The molecular formula is C19H30N6. The van der Waals surface area contributed by atoms with E-state index in [0.29, 0.717) is 5.92 Å². The van der Waals surface area contributed by atoms with Crippen molar-refractivity contribution in [2.75, 3.05) is 13.1 Å².